The van der Waals surface area contributed by atoms with Crippen molar-refractivity contribution in [1.82, 2.24) is 0 Å². The van der Waals surface area contributed by atoms with Crippen LogP contribution < -0.4 is 0 Å². The molecule has 0 aromatic rings. The summed E-state index contributed by atoms with van der Waals surface area (Å²) in [6.07, 6.45) is 0. The Morgan fingerprint density at radius 2 is 1.00 bits per heavy atom. The number of rotatable bonds is 0. The molecule has 3 radical (unpaired) electrons. The van der Waals surface area contributed by atoms with Crippen LogP contribution in [0, 0.1) is 0 Å². The van der Waals surface area contributed by atoms with Gasteiger partial charge in [0.05, 0.1) is 0 Å². The minimum absolute atomic E-state index is 0. The maximum absolute atomic E-state index is 0. The molecular formula is H5AlCuFeNiSnZn. The summed E-state index contributed by atoms with van der Waals surface area (Å²) >= 11 is 0. The Morgan fingerprint density at radius 3 is 1.00 bits per heavy atom. The van der Waals surface area contributed by atoms with Crippen molar-refractivity contribution in [3.63, 3.8) is 0 Å². The maximum atomic E-state index is 0. The van der Waals surface area contributed by atoms with Crippen molar-refractivity contribution >= 4 is 41.3 Å². The zero-order valence-electron chi connectivity index (χ0n) is 2.39. The predicted molar refractivity (Wildman–Crippen MR) is 18.5 cm³/mol. The first-order valence-corrected chi connectivity index (χ1v) is 0. The summed E-state index contributed by atoms with van der Waals surface area (Å²) in [5, 5.41) is 0. The molecule has 0 aliphatic carbocycles. The Kier molecular flexibility index (Phi) is 366. The van der Waals surface area contributed by atoms with Crippen molar-refractivity contribution in [2.24, 2.45) is 0 Å². The smallest absolute Gasteiger partial charge is 0 e. The SMILES string of the molecule is [AlH3].[Cu].[Fe].[Ni].[SnH2].[Zn]. The second kappa shape index (κ2) is 39.1. The summed E-state index contributed by atoms with van der Waals surface area (Å²) in [6, 6.07) is 0. The first-order chi connectivity index (χ1) is 0. The third-order valence-corrected chi connectivity index (χ3v) is 0. The van der Waals surface area contributed by atoms with Crippen LogP contribution in [0.25, 0.3) is 0 Å². The second-order valence-electron chi connectivity index (χ2n) is 0. The molecule has 0 aliphatic rings. The predicted octanol–water partition coefficient (Wildman–Crippen LogP) is -2.11. The molecule has 0 unspecified atom stereocenters. The summed E-state index contributed by atoms with van der Waals surface area (Å²) in [4.78, 5) is 0. The van der Waals surface area contributed by atoms with E-state index >= 15 is 0 Å². The van der Waals surface area contributed by atoms with Gasteiger partial charge in [-0.2, -0.15) is 0 Å². The molecule has 6 heteroatoms. The van der Waals surface area contributed by atoms with Crippen LogP contribution >= 0.6 is 0 Å². The average molecular weight is 394 g/mol. The number of hydrogen-bond donors (Lipinski definition) is 0. The van der Waals surface area contributed by atoms with Gasteiger partial charge in [0, 0.05) is 70.1 Å². The standard InChI is InChI=1S/Al.Cu.Fe.Ni.Sn.Zn.5H. The van der Waals surface area contributed by atoms with E-state index in [4.69, 9.17) is 0 Å². The molecule has 0 saturated carbocycles. The van der Waals surface area contributed by atoms with Crippen LogP contribution in [0.5, 0.6) is 0 Å². The zero-order chi connectivity index (χ0) is 0. The molecule has 0 aromatic carbocycles. The van der Waals surface area contributed by atoms with E-state index in [9.17, 15) is 0 Å². The largest absolute Gasteiger partial charge is 0 e. The van der Waals surface area contributed by atoms with Crippen molar-refractivity contribution in [1.29, 1.82) is 0 Å². The van der Waals surface area contributed by atoms with Crippen molar-refractivity contribution < 1.29 is 70.1 Å². The monoisotopic (exact) mass is 393 g/mol. The third-order valence-electron chi connectivity index (χ3n) is 0. The molecule has 0 spiro atoms. The minimum atomic E-state index is 0. The molecule has 0 aliphatic heterocycles. The van der Waals surface area contributed by atoms with Gasteiger partial charge in [0.25, 0.3) is 0 Å². The van der Waals surface area contributed by atoms with Crippen LogP contribution in [0.3, 0.4) is 0 Å². The van der Waals surface area contributed by atoms with Gasteiger partial charge < -0.3 is 0 Å². The molecular weight excluding hydrogens is 389 g/mol. The van der Waals surface area contributed by atoms with Crippen LogP contribution in [0.1, 0.15) is 0 Å². The zero-order valence-corrected chi connectivity index (χ0v) is 12.4. The fourth-order valence-electron chi connectivity index (χ4n) is 0. The Morgan fingerprint density at radius 1 is 1.00 bits per heavy atom. The first kappa shape index (κ1) is 56.2. The van der Waals surface area contributed by atoms with Gasteiger partial charge in [0.15, 0.2) is 17.4 Å². The molecule has 0 atom stereocenters. The van der Waals surface area contributed by atoms with E-state index in [1.165, 1.54) is 0 Å². The Labute approximate surface area is 109 Å². The summed E-state index contributed by atoms with van der Waals surface area (Å²) in [5.74, 6) is 0. The fraction of sp³-hybridized carbons (Fsp3) is 0. The van der Waals surface area contributed by atoms with Crippen molar-refractivity contribution in [2.45, 2.75) is 0 Å². The molecule has 0 nitrogen and oxygen atoms in total. The molecule has 0 bridgehead atoms. The Balaban J connectivity index is 0. The summed E-state index contributed by atoms with van der Waals surface area (Å²) < 4.78 is 0. The first-order valence-electron chi connectivity index (χ1n) is 0. The summed E-state index contributed by atoms with van der Waals surface area (Å²) in [7, 11) is 0. The van der Waals surface area contributed by atoms with Crippen LogP contribution in [0.2, 0.25) is 0 Å². The van der Waals surface area contributed by atoms with Gasteiger partial charge in [0.1, 0.15) is 0 Å². The molecule has 0 aromatic heterocycles. The van der Waals surface area contributed by atoms with Gasteiger partial charge >= 0.3 is 23.9 Å². The van der Waals surface area contributed by atoms with E-state index in [-0.39, 0.29) is 111 Å². The Hall–Kier alpha value is 3.49. The fourth-order valence-corrected chi connectivity index (χ4v) is 0. The van der Waals surface area contributed by atoms with Crippen LogP contribution in [-0.2, 0) is 70.1 Å². The van der Waals surface area contributed by atoms with E-state index in [1.54, 1.807) is 0 Å². The molecule has 0 amide bonds. The van der Waals surface area contributed by atoms with Gasteiger partial charge in [-0.25, -0.2) is 0 Å². The van der Waals surface area contributed by atoms with Crippen LogP contribution in [0.4, 0.5) is 0 Å². The van der Waals surface area contributed by atoms with Crippen LogP contribution in [-0.4, -0.2) is 41.3 Å². The third kappa shape index (κ3) is 25.9. The van der Waals surface area contributed by atoms with Gasteiger partial charge in [-0.3, -0.25) is 0 Å². The van der Waals surface area contributed by atoms with Gasteiger partial charge in [-0.1, -0.05) is 0 Å². The molecule has 0 fully saturated rings. The van der Waals surface area contributed by atoms with Crippen molar-refractivity contribution in [3.05, 3.63) is 0 Å². The van der Waals surface area contributed by atoms with Crippen molar-refractivity contribution in [2.75, 3.05) is 0 Å². The quantitative estimate of drug-likeness (QED) is 0.413. The molecule has 6 heavy (non-hydrogen) atoms. The summed E-state index contributed by atoms with van der Waals surface area (Å²) in [5.41, 5.74) is 0. The molecule has 0 rings (SSSR count). The van der Waals surface area contributed by atoms with Gasteiger partial charge in [-0.05, 0) is 0 Å². The average Bonchev–Trinajstić information content (AvgIpc) is 0. The van der Waals surface area contributed by atoms with E-state index in [0.717, 1.165) is 0 Å². The Bertz CT molecular complexity index is 15.5. The van der Waals surface area contributed by atoms with E-state index in [0.29, 0.717) is 0 Å². The molecule has 0 heterocycles. The molecule has 0 N–H and O–H groups in total. The van der Waals surface area contributed by atoms with E-state index in [2.05, 4.69) is 0 Å². The van der Waals surface area contributed by atoms with Gasteiger partial charge in [0.2, 0.25) is 0 Å². The minimum Gasteiger partial charge on any atom is 0 e. The van der Waals surface area contributed by atoms with E-state index < -0.39 is 0 Å². The normalized spacial score (nSPS) is 0. The van der Waals surface area contributed by atoms with E-state index in [1.807, 2.05) is 0 Å². The maximum Gasteiger partial charge on any atom is 0 e. The number of hydrogen-bond acceptors (Lipinski definition) is 0. The molecule has 0 saturated heterocycles. The topological polar surface area (TPSA) is 0 Å². The van der Waals surface area contributed by atoms with Crippen LogP contribution in [0.15, 0.2) is 0 Å². The van der Waals surface area contributed by atoms with Gasteiger partial charge in [-0.15, -0.1) is 0 Å². The summed E-state index contributed by atoms with van der Waals surface area (Å²) in [6.45, 7) is 0. The van der Waals surface area contributed by atoms with Crippen molar-refractivity contribution in [3.8, 4) is 0 Å². The second-order valence-corrected chi connectivity index (χ2v) is 0. The molecule has 43 valence electrons.